The third-order valence-electron chi connectivity index (χ3n) is 1.61. The van der Waals surface area contributed by atoms with E-state index in [1.54, 1.807) is 0 Å². The zero-order valence-electron chi connectivity index (χ0n) is 8.61. The van der Waals surface area contributed by atoms with Gasteiger partial charge in [-0.1, -0.05) is 38.8 Å². The highest BCUT2D eigenvalue weighted by Gasteiger charge is 2.23. The highest BCUT2D eigenvalue weighted by molar-refractivity contribution is 9.09. The van der Waals surface area contributed by atoms with Crippen LogP contribution in [0.25, 0.3) is 0 Å². The molecule has 0 saturated carbocycles. The number of ether oxygens (including phenoxy) is 1. The SMILES string of the molecule is CCCOCC(=O)NC(C)(CBr)CBr. The first-order chi connectivity index (χ1) is 6.58. The molecule has 3 nitrogen and oxygen atoms in total. The van der Waals surface area contributed by atoms with Gasteiger partial charge in [-0.05, 0) is 13.3 Å². The van der Waals surface area contributed by atoms with Crippen molar-refractivity contribution in [2.24, 2.45) is 0 Å². The normalized spacial score (nSPS) is 11.4. The van der Waals surface area contributed by atoms with Gasteiger partial charge in [-0.3, -0.25) is 4.79 Å². The lowest BCUT2D eigenvalue weighted by molar-refractivity contribution is -0.127. The van der Waals surface area contributed by atoms with Crippen LogP contribution in [-0.2, 0) is 9.53 Å². The van der Waals surface area contributed by atoms with Crippen molar-refractivity contribution in [3.8, 4) is 0 Å². The summed E-state index contributed by atoms with van der Waals surface area (Å²) in [6, 6.07) is 0. The Hall–Kier alpha value is 0.390. The molecule has 0 bridgehead atoms. The fourth-order valence-corrected chi connectivity index (χ4v) is 1.99. The van der Waals surface area contributed by atoms with Crippen LogP contribution in [0, 0.1) is 0 Å². The second kappa shape index (κ2) is 7.65. The Balaban J connectivity index is 3.80. The number of halogens is 2. The summed E-state index contributed by atoms with van der Waals surface area (Å²) in [6.45, 7) is 4.75. The van der Waals surface area contributed by atoms with Crippen LogP contribution in [-0.4, -0.2) is 35.3 Å². The van der Waals surface area contributed by atoms with Crippen molar-refractivity contribution >= 4 is 37.8 Å². The van der Waals surface area contributed by atoms with E-state index in [-0.39, 0.29) is 18.1 Å². The molecule has 0 aliphatic heterocycles. The Bertz CT molecular complexity index is 172. The molecule has 1 amide bonds. The summed E-state index contributed by atoms with van der Waals surface area (Å²) in [4.78, 5) is 11.4. The van der Waals surface area contributed by atoms with Crippen molar-refractivity contribution < 1.29 is 9.53 Å². The minimum Gasteiger partial charge on any atom is -0.372 e. The lowest BCUT2D eigenvalue weighted by Crippen LogP contribution is -2.50. The maximum atomic E-state index is 11.4. The highest BCUT2D eigenvalue weighted by atomic mass is 79.9. The molecule has 0 fully saturated rings. The van der Waals surface area contributed by atoms with E-state index < -0.39 is 0 Å². The molecule has 1 N–H and O–H groups in total. The molecule has 0 aliphatic carbocycles. The molecule has 0 aromatic carbocycles. The van der Waals surface area contributed by atoms with Gasteiger partial charge in [0.2, 0.25) is 5.91 Å². The van der Waals surface area contributed by atoms with Gasteiger partial charge in [0.15, 0.2) is 0 Å². The van der Waals surface area contributed by atoms with Crippen molar-refractivity contribution in [2.45, 2.75) is 25.8 Å². The summed E-state index contributed by atoms with van der Waals surface area (Å²) >= 11 is 6.71. The number of alkyl halides is 2. The molecule has 0 unspecified atom stereocenters. The van der Waals surface area contributed by atoms with E-state index >= 15 is 0 Å². The Labute approximate surface area is 102 Å². The topological polar surface area (TPSA) is 38.3 Å². The van der Waals surface area contributed by atoms with E-state index in [2.05, 4.69) is 37.2 Å². The molecule has 0 radical (unpaired) electrons. The Morgan fingerprint density at radius 2 is 2.00 bits per heavy atom. The second-order valence-electron chi connectivity index (χ2n) is 3.43. The fraction of sp³-hybridized carbons (Fsp3) is 0.889. The van der Waals surface area contributed by atoms with Gasteiger partial charge in [0.1, 0.15) is 6.61 Å². The number of nitrogens with one attached hydrogen (secondary N) is 1. The largest absolute Gasteiger partial charge is 0.372 e. The quantitative estimate of drug-likeness (QED) is 0.573. The number of carbonyl (C=O) groups excluding carboxylic acids is 1. The van der Waals surface area contributed by atoms with Gasteiger partial charge < -0.3 is 10.1 Å². The lowest BCUT2D eigenvalue weighted by Gasteiger charge is -2.26. The zero-order chi connectivity index (χ0) is 11.0. The van der Waals surface area contributed by atoms with Crippen LogP contribution in [0.4, 0.5) is 0 Å². The van der Waals surface area contributed by atoms with Crippen LogP contribution in [0.3, 0.4) is 0 Å². The Morgan fingerprint density at radius 1 is 1.43 bits per heavy atom. The molecule has 0 aromatic rings. The number of hydrogen-bond donors (Lipinski definition) is 1. The van der Waals surface area contributed by atoms with Gasteiger partial charge in [-0.2, -0.15) is 0 Å². The summed E-state index contributed by atoms with van der Waals surface area (Å²) in [5, 5.41) is 4.32. The highest BCUT2D eigenvalue weighted by Crippen LogP contribution is 2.10. The minimum atomic E-state index is -0.243. The molecule has 0 heterocycles. The van der Waals surface area contributed by atoms with E-state index in [1.807, 2.05) is 13.8 Å². The minimum absolute atomic E-state index is 0.0696. The lowest BCUT2D eigenvalue weighted by atomic mass is 10.1. The van der Waals surface area contributed by atoms with Crippen molar-refractivity contribution in [1.29, 1.82) is 0 Å². The molecule has 0 saturated heterocycles. The summed E-state index contributed by atoms with van der Waals surface area (Å²) < 4.78 is 5.14. The predicted octanol–water partition coefficient (Wildman–Crippen LogP) is 2.08. The van der Waals surface area contributed by atoms with E-state index in [4.69, 9.17) is 4.74 Å². The molecule has 14 heavy (non-hydrogen) atoms. The Morgan fingerprint density at radius 3 is 2.43 bits per heavy atom. The first kappa shape index (κ1) is 14.4. The molecule has 0 atom stereocenters. The smallest absolute Gasteiger partial charge is 0.246 e. The molecular formula is C9H17Br2NO2. The Kier molecular flexibility index (Phi) is 7.86. The summed E-state index contributed by atoms with van der Waals surface area (Å²) in [7, 11) is 0. The monoisotopic (exact) mass is 329 g/mol. The van der Waals surface area contributed by atoms with Crippen LogP contribution in [0.5, 0.6) is 0 Å². The zero-order valence-corrected chi connectivity index (χ0v) is 11.8. The third kappa shape index (κ3) is 5.98. The molecule has 0 rings (SSSR count). The van der Waals surface area contributed by atoms with Crippen LogP contribution in [0.15, 0.2) is 0 Å². The van der Waals surface area contributed by atoms with Crippen molar-refractivity contribution in [1.82, 2.24) is 5.32 Å². The molecule has 84 valence electrons. The summed E-state index contributed by atoms with van der Waals surface area (Å²) in [5.74, 6) is -0.0696. The van der Waals surface area contributed by atoms with E-state index in [0.29, 0.717) is 17.3 Å². The van der Waals surface area contributed by atoms with Crippen molar-refractivity contribution in [3.05, 3.63) is 0 Å². The van der Waals surface area contributed by atoms with Gasteiger partial charge in [-0.25, -0.2) is 0 Å². The van der Waals surface area contributed by atoms with Crippen LogP contribution >= 0.6 is 31.9 Å². The average molecular weight is 331 g/mol. The summed E-state index contributed by atoms with van der Waals surface area (Å²) in [6.07, 6.45) is 0.932. The van der Waals surface area contributed by atoms with Crippen molar-refractivity contribution in [3.63, 3.8) is 0 Å². The number of amides is 1. The molecule has 5 heteroatoms. The maximum Gasteiger partial charge on any atom is 0.246 e. The van der Waals surface area contributed by atoms with Gasteiger partial charge in [0.05, 0.1) is 5.54 Å². The van der Waals surface area contributed by atoms with Crippen molar-refractivity contribution in [2.75, 3.05) is 23.9 Å². The molecule has 0 spiro atoms. The van der Waals surface area contributed by atoms with E-state index in [1.165, 1.54) is 0 Å². The third-order valence-corrected chi connectivity index (χ3v) is 4.09. The van der Waals surface area contributed by atoms with Gasteiger partial charge in [0.25, 0.3) is 0 Å². The standard InChI is InChI=1S/C9H17Br2NO2/c1-3-4-14-5-8(13)12-9(2,6-10)7-11/h3-7H2,1-2H3,(H,12,13). The first-order valence-electron chi connectivity index (χ1n) is 4.58. The molecule has 0 aromatic heterocycles. The van der Waals surface area contributed by atoms with Crippen LogP contribution in [0.1, 0.15) is 20.3 Å². The molecular weight excluding hydrogens is 314 g/mol. The van der Waals surface area contributed by atoms with Crippen LogP contribution in [0.2, 0.25) is 0 Å². The molecule has 0 aliphatic rings. The first-order valence-corrected chi connectivity index (χ1v) is 6.83. The fourth-order valence-electron chi connectivity index (χ4n) is 0.784. The van der Waals surface area contributed by atoms with Crippen LogP contribution < -0.4 is 5.32 Å². The van der Waals surface area contributed by atoms with E-state index in [9.17, 15) is 4.79 Å². The van der Waals surface area contributed by atoms with E-state index in [0.717, 1.165) is 6.42 Å². The van der Waals surface area contributed by atoms with Gasteiger partial charge in [0, 0.05) is 17.3 Å². The number of rotatable bonds is 7. The maximum absolute atomic E-state index is 11.4. The second-order valence-corrected chi connectivity index (χ2v) is 4.55. The van der Waals surface area contributed by atoms with Gasteiger partial charge >= 0.3 is 0 Å². The van der Waals surface area contributed by atoms with Gasteiger partial charge in [-0.15, -0.1) is 0 Å². The number of carbonyl (C=O) groups is 1. The summed E-state index contributed by atoms with van der Waals surface area (Å²) in [5.41, 5.74) is -0.243. The number of hydrogen-bond acceptors (Lipinski definition) is 2. The average Bonchev–Trinajstić information content (AvgIpc) is 2.18. The predicted molar refractivity (Wildman–Crippen MR) is 65.2 cm³/mol.